The van der Waals surface area contributed by atoms with Crippen molar-refractivity contribution in [3.8, 4) is 0 Å². The van der Waals surface area contributed by atoms with E-state index in [0.717, 1.165) is 12.0 Å². The molecule has 0 radical (unpaired) electrons. The molecule has 172 valence electrons. The molecule has 31 heavy (non-hydrogen) atoms. The van der Waals surface area contributed by atoms with Crippen LogP contribution >= 0.6 is 0 Å². The lowest BCUT2D eigenvalue weighted by molar-refractivity contribution is 0.0468. The summed E-state index contributed by atoms with van der Waals surface area (Å²) in [7, 11) is 0. The number of amides is 1. The van der Waals surface area contributed by atoms with Gasteiger partial charge in [0, 0.05) is 12.4 Å². The standard InChI is InChI=1S/C24H37N3O4/c1-18(2)15-20(26-23(29)31-14-11-24(3,4)5)21(28)22-25-12-13-27(22)17-30-16-19-9-7-6-8-10-19/h6-10,12-13,18,20-21,28H,11,14-17H2,1-5H3,(H,26,29)/t20?,21-/m0/s1. The van der Waals surface area contributed by atoms with Crippen LogP contribution in [0, 0.1) is 11.3 Å². The molecule has 2 rings (SSSR count). The number of nitrogens with zero attached hydrogens (tertiary/aromatic N) is 2. The molecule has 7 heteroatoms. The van der Waals surface area contributed by atoms with E-state index < -0.39 is 18.2 Å². The van der Waals surface area contributed by atoms with Crippen molar-refractivity contribution in [2.45, 2.75) is 72.9 Å². The SMILES string of the molecule is CC(C)CC(NC(=O)OCCC(C)(C)C)[C@H](O)c1nccn1COCc1ccccc1. The molecule has 0 aliphatic heterocycles. The van der Waals surface area contributed by atoms with Gasteiger partial charge in [0.15, 0.2) is 0 Å². The fourth-order valence-corrected chi connectivity index (χ4v) is 3.13. The molecular formula is C24H37N3O4. The third-order valence-electron chi connectivity index (χ3n) is 4.85. The monoisotopic (exact) mass is 431 g/mol. The van der Waals surface area contributed by atoms with Crippen LogP contribution in [0.15, 0.2) is 42.7 Å². The highest BCUT2D eigenvalue weighted by atomic mass is 16.5. The summed E-state index contributed by atoms with van der Waals surface area (Å²) >= 11 is 0. The zero-order valence-corrected chi connectivity index (χ0v) is 19.4. The molecule has 0 spiro atoms. The fraction of sp³-hybridized carbons (Fsp3) is 0.583. The van der Waals surface area contributed by atoms with Gasteiger partial charge in [0.2, 0.25) is 0 Å². The van der Waals surface area contributed by atoms with Crippen molar-refractivity contribution in [2.75, 3.05) is 6.61 Å². The van der Waals surface area contributed by atoms with Gasteiger partial charge in [-0.05, 0) is 29.7 Å². The highest BCUT2D eigenvalue weighted by Gasteiger charge is 2.28. The van der Waals surface area contributed by atoms with Crippen LogP contribution in [0.5, 0.6) is 0 Å². The predicted molar refractivity (Wildman–Crippen MR) is 120 cm³/mol. The fourth-order valence-electron chi connectivity index (χ4n) is 3.13. The van der Waals surface area contributed by atoms with Gasteiger partial charge in [-0.2, -0.15) is 0 Å². The maximum Gasteiger partial charge on any atom is 0.407 e. The van der Waals surface area contributed by atoms with Crippen molar-refractivity contribution < 1.29 is 19.4 Å². The summed E-state index contributed by atoms with van der Waals surface area (Å²) in [5, 5.41) is 13.8. The Morgan fingerprint density at radius 3 is 2.58 bits per heavy atom. The first-order valence-electron chi connectivity index (χ1n) is 10.9. The van der Waals surface area contributed by atoms with Gasteiger partial charge in [-0.3, -0.25) is 0 Å². The van der Waals surface area contributed by atoms with Gasteiger partial charge in [0.25, 0.3) is 0 Å². The lowest BCUT2D eigenvalue weighted by Gasteiger charge is -2.26. The minimum atomic E-state index is -0.979. The number of nitrogens with one attached hydrogen (secondary N) is 1. The Labute approximate surface area is 185 Å². The number of carbonyl (C=O) groups is 1. The predicted octanol–water partition coefficient (Wildman–Crippen LogP) is 4.67. The van der Waals surface area contributed by atoms with E-state index in [9.17, 15) is 9.90 Å². The summed E-state index contributed by atoms with van der Waals surface area (Å²) in [5.74, 6) is 0.723. The molecule has 0 saturated heterocycles. The molecule has 2 aromatic rings. The average Bonchev–Trinajstić information content (AvgIpc) is 3.15. The first kappa shape index (κ1) is 24.9. The van der Waals surface area contributed by atoms with Crippen LogP contribution in [-0.4, -0.2) is 33.4 Å². The van der Waals surface area contributed by atoms with E-state index in [4.69, 9.17) is 9.47 Å². The first-order valence-corrected chi connectivity index (χ1v) is 10.9. The van der Waals surface area contributed by atoms with E-state index in [2.05, 4.69) is 31.1 Å². The maximum atomic E-state index is 12.3. The highest BCUT2D eigenvalue weighted by molar-refractivity contribution is 5.67. The number of aliphatic hydroxyl groups excluding tert-OH is 1. The molecule has 2 atom stereocenters. The topological polar surface area (TPSA) is 85.6 Å². The Balaban J connectivity index is 1.96. The molecule has 1 heterocycles. The van der Waals surface area contributed by atoms with Crippen LogP contribution in [-0.2, 0) is 22.8 Å². The number of hydrogen-bond donors (Lipinski definition) is 2. The number of aromatic nitrogens is 2. The van der Waals surface area contributed by atoms with Gasteiger partial charge in [0.1, 0.15) is 18.7 Å². The zero-order valence-electron chi connectivity index (χ0n) is 19.4. The molecule has 0 fully saturated rings. The van der Waals surface area contributed by atoms with Crippen LogP contribution in [0.25, 0.3) is 0 Å². The lowest BCUT2D eigenvalue weighted by Crippen LogP contribution is -2.41. The molecule has 0 aliphatic carbocycles. The number of aliphatic hydroxyl groups is 1. The third-order valence-corrected chi connectivity index (χ3v) is 4.85. The molecule has 1 aromatic carbocycles. The van der Waals surface area contributed by atoms with Crippen LogP contribution in [0.3, 0.4) is 0 Å². The normalized spacial score (nSPS) is 13.8. The smallest absolute Gasteiger partial charge is 0.407 e. The van der Waals surface area contributed by atoms with Crippen molar-refractivity contribution >= 4 is 6.09 Å². The second-order valence-electron chi connectivity index (χ2n) is 9.49. The van der Waals surface area contributed by atoms with Crippen LogP contribution in [0.2, 0.25) is 0 Å². The average molecular weight is 432 g/mol. The van der Waals surface area contributed by atoms with E-state index in [1.54, 1.807) is 17.0 Å². The van der Waals surface area contributed by atoms with Crippen LogP contribution < -0.4 is 5.32 Å². The molecule has 1 unspecified atom stereocenters. The van der Waals surface area contributed by atoms with Gasteiger partial charge in [-0.25, -0.2) is 9.78 Å². The molecule has 1 aromatic heterocycles. The number of hydrogen-bond acceptors (Lipinski definition) is 5. The number of ether oxygens (including phenoxy) is 2. The van der Waals surface area contributed by atoms with E-state index in [-0.39, 0.29) is 18.1 Å². The molecule has 2 N–H and O–H groups in total. The number of alkyl carbamates (subject to hydrolysis) is 1. The van der Waals surface area contributed by atoms with E-state index in [0.29, 0.717) is 25.5 Å². The van der Waals surface area contributed by atoms with Crippen LogP contribution in [0.1, 0.15) is 65.0 Å². The van der Waals surface area contributed by atoms with Crippen molar-refractivity contribution in [1.29, 1.82) is 0 Å². The Kier molecular flexibility index (Phi) is 9.52. The second kappa shape index (κ2) is 11.9. The highest BCUT2D eigenvalue weighted by Crippen LogP contribution is 2.22. The van der Waals surface area contributed by atoms with E-state index in [1.165, 1.54) is 0 Å². The van der Waals surface area contributed by atoms with Gasteiger partial charge in [0.05, 0.1) is 19.3 Å². The molecule has 0 bridgehead atoms. The summed E-state index contributed by atoms with van der Waals surface area (Å²) in [4.78, 5) is 16.6. The Morgan fingerprint density at radius 1 is 1.23 bits per heavy atom. The quantitative estimate of drug-likeness (QED) is 0.540. The van der Waals surface area contributed by atoms with Crippen molar-refractivity contribution in [1.82, 2.24) is 14.9 Å². The Morgan fingerprint density at radius 2 is 1.94 bits per heavy atom. The number of benzene rings is 1. The first-order chi connectivity index (χ1) is 14.7. The molecule has 0 aliphatic rings. The van der Waals surface area contributed by atoms with Crippen LogP contribution in [0.4, 0.5) is 4.79 Å². The van der Waals surface area contributed by atoms with Crippen molar-refractivity contribution in [3.63, 3.8) is 0 Å². The minimum absolute atomic E-state index is 0.0849. The zero-order chi connectivity index (χ0) is 22.9. The summed E-state index contributed by atoms with van der Waals surface area (Å²) in [5.41, 5.74) is 1.16. The Hall–Kier alpha value is -2.38. The van der Waals surface area contributed by atoms with Crippen molar-refractivity contribution in [3.05, 3.63) is 54.1 Å². The summed E-state index contributed by atoms with van der Waals surface area (Å²) in [6, 6.07) is 9.37. The minimum Gasteiger partial charge on any atom is -0.450 e. The number of rotatable bonds is 11. The summed E-state index contributed by atoms with van der Waals surface area (Å²) < 4.78 is 12.9. The largest absolute Gasteiger partial charge is 0.450 e. The van der Waals surface area contributed by atoms with E-state index >= 15 is 0 Å². The molecule has 0 saturated carbocycles. The number of carbonyl (C=O) groups excluding carboxylic acids is 1. The maximum absolute atomic E-state index is 12.3. The van der Waals surface area contributed by atoms with E-state index in [1.807, 2.05) is 44.2 Å². The van der Waals surface area contributed by atoms with Gasteiger partial charge in [-0.15, -0.1) is 0 Å². The summed E-state index contributed by atoms with van der Waals surface area (Å²) in [6.45, 7) is 11.4. The lowest BCUT2D eigenvalue weighted by atomic mass is 9.93. The van der Waals surface area contributed by atoms with Gasteiger partial charge in [-0.1, -0.05) is 65.0 Å². The number of imidazole rings is 1. The molecule has 7 nitrogen and oxygen atoms in total. The van der Waals surface area contributed by atoms with Crippen molar-refractivity contribution in [2.24, 2.45) is 11.3 Å². The molecule has 1 amide bonds. The van der Waals surface area contributed by atoms with Gasteiger partial charge >= 0.3 is 6.09 Å². The second-order valence-corrected chi connectivity index (χ2v) is 9.49. The van der Waals surface area contributed by atoms with Gasteiger partial charge < -0.3 is 24.5 Å². The Bertz CT molecular complexity index is 784. The molecular weight excluding hydrogens is 394 g/mol. The third kappa shape index (κ3) is 9.11. The summed E-state index contributed by atoms with van der Waals surface area (Å²) in [6.07, 6.45) is 3.24.